The lowest BCUT2D eigenvalue weighted by atomic mass is 10.0. The number of nitrogens with zero attached hydrogens (tertiary/aromatic N) is 16. The highest BCUT2D eigenvalue weighted by Gasteiger charge is 2.36. The SMILES string of the molecule is C.COCc1nnn2c1CN(C(=O)C[C@H](N)Cc1cc(F)c(F)cc1F)Cc1ccccc1-2.COc1ccccc1-c1nnn2c1CN(C(=O)C[C@H](N)Cc1cc(F)c(F)cc1F)Cc1ccccc1-2.N[C@@H](CC(=O)N1Cc2ccccc2-n2nnc(-c3ccc(F)cc3)c2C1)Cc1cc(F)c(F)cc1F.N[C@@H](CC(=O)N1Cc2ccccc2-n2nnc(-c3ccccc3)c2C1)Cc1cc(F)c(F)cc1F. The van der Waals surface area contributed by atoms with Crippen LogP contribution >= 0.6 is 0 Å². The van der Waals surface area contributed by atoms with Crippen LogP contribution in [0.3, 0.4) is 0 Å². The van der Waals surface area contributed by atoms with E-state index in [1.54, 1.807) is 64.7 Å². The largest absolute Gasteiger partial charge is 0.496 e. The van der Waals surface area contributed by atoms with E-state index in [4.69, 9.17) is 32.4 Å². The highest BCUT2D eigenvalue weighted by molar-refractivity contribution is 5.81. The van der Waals surface area contributed by atoms with Gasteiger partial charge in [-0.1, -0.05) is 144 Å². The monoisotopic (exact) mass is 1940 g/mol. The van der Waals surface area contributed by atoms with Gasteiger partial charge in [0.25, 0.3) is 0 Å². The molecule has 19 rings (SSSR count). The number of hydrogen-bond donors (Lipinski definition) is 4. The van der Waals surface area contributed by atoms with Crippen molar-refractivity contribution in [1.29, 1.82) is 0 Å². The summed E-state index contributed by atoms with van der Waals surface area (Å²) in [5, 5.41) is 34.6. The van der Waals surface area contributed by atoms with Gasteiger partial charge in [0.05, 0.1) is 85.4 Å². The number of carbonyl (C=O) groups excluding carboxylic acids is 4. The fourth-order valence-corrected chi connectivity index (χ4v) is 17.1. The number of fused-ring (bicyclic) bond motifs is 12. The van der Waals surface area contributed by atoms with E-state index in [0.29, 0.717) is 89.4 Å². The predicted octanol–water partition coefficient (Wildman–Crippen LogP) is 15.9. The summed E-state index contributed by atoms with van der Waals surface area (Å²) < 4.78 is 194. The van der Waals surface area contributed by atoms with Crippen LogP contribution in [0.2, 0.25) is 0 Å². The summed E-state index contributed by atoms with van der Waals surface area (Å²) >= 11 is 0. The van der Waals surface area contributed by atoms with E-state index in [1.165, 1.54) is 12.1 Å². The van der Waals surface area contributed by atoms with Crippen molar-refractivity contribution in [2.75, 3.05) is 14.2 Å². The van der Waals surface area contributed by atoms with E-state index in [2.05, 4.69) is 41.2 Å². The molecule has 0 spiro atoms. The van der Waals surface area contributed by atoms with Crippen LogP contribution in [0.5, 0.6) is 5.75 Å². The minimum Gasteiger partial charge on any atom is -0.496 e. The molecule has 0 unspecified atom stereocenters. The average molecular weight is 1940 g/mol. The second-order valence-corrected chi connectivity index (χ2v) is 33.9. The molecule has 4 aliphatic heterocycles. The van der Waals surface area contributed by atoms with E-state index in [1.807, 2.05) is 152 Å². The van der Waals surface area contributed by atoms with Gasteiger partial charge in [0.1, 0.15) is 57.6 Å². The normalized spacial score (nSPS) is 13.6. The van der Waals surface area contributed by atoms with Crippen molar-refractivity contribution in [1.82, 2.24) is 79.6 Å². The molecule has 0 bridgehead atoms. The standard InChI is InChI=1S/C27H24F3N5O2.C26H21F4N5O.C26H22F3N5O.C22H22F3N5O2.CH4/c1-37-25-9-5-3-7-19(25)27-24-15-34(14-16-6-2-4-8-23(16)35(24)33-32-27)26(36)12-18(31)10-17-11-21(29)22(30)13-20(17)28;27-18-7-5-15(6-8-18)26-24-14-34(13-16-3-1-2-4-23(16)35(24)33-32-26)25(36)11-19(31)9-17-10-21(29)22(30)12-20(17)28;27-20-13-22(29)21(28)11-18(20)10-19(30)12-25(35)33-14-17-8-4-5-9-23(17)34-24(15-33)26(31-32-34)16-6-2-1-3-7-16;1-32-12-19-21-11-29(10-13-4-2-3-5-20(13)30(21)28-27-19)22(31)8-15(26)6-14-7-17(24)18(25)9-16(14)23;/h2-9,11,13,18H,10,12,14-15,31H2,1H3;1-8,10,12,19H,9,11,13-14,31H2;1-9,11,13,19H,10,12,14-15,30H2;2-5,7,9,15H,6,8,10-12,26H2,1H3;1H4/t18-;2*19-;15-;/m1111./s1. The van der Waals surface area contributed by atoms with E-state index in [-0.39, 0.29) is 150 Å². The molecule has 11 aromatic carbocycles. The molecule has 0 fully saturated rings. The van der Waals surface area contributed by atoms with Crippen molar-refractivity contribution in [3.05, 3.63) is 373 Å². The van der Waals surface area contributed by atoms with E-state index < -0.39 is 94.0 Å². The Morgan fingerprint density at radius 2 is 0.589 bits per heavy atom. The Morgan fingerprint density at radius 1 is 0.312 bits per heavy atom. The summed E-state index contributed by atoms with van der Waals surface area (Å²) in [5.74, 6) is -14.2. The molecule has 4 aliphatic rings. The van der Waals surface area contributed by atoms with Gasteiger partial charge in [0, 0.05) is 124 Å². The van der Waals surface area contributed by atoms with Gasteiger partial charge in [-0.2, -0.15) is 0 Å². The van der Waals surface area contributed by atoms with Crippen LogP contribution < -0.4 is 27.7 Å². The number of halogens is 13. The van der Waals surface area contributed by atoms with Crippen LogP contribution in [-0.4, -0.2) is 142 Å². The highest BCUT2D eigenvalue weighted by atomic mass is 19.2. The van der Waals surface area contributed by atoms with Gasteiger partial charge in [-0.05, 0) is 155 Å². The number of hydrogen-bond acceptors (Lipinski definition) is 18. The third-order valence-electron chi connectivity index (χ3n) is 24.1. The maximum atomic E-state index is 14.1. The third kappa shape index (κ3) is 22.8. The van der Waals surface area contributed by atoms with Gasteiger partial charge in [-0.3, -0.25) is 19.2 Å². The summed E-state index contributed by atoms with van der Waals surface area (Å²) in [5.41, 5.74) is 38.3. The van der Waals surface area contributed by atoms with Crippen LogP contribution in [-0.2, 0) is 109 Å². The smallest absolute Gasteiger partial charge is 0.224 e. The number of ether oxygens (including phenoxy) is 2. The average Bonchev–Trinajstić information content (AvgIpc) is 1.63. The number of amides is 4. The number of nitrogens with two attached hydrogens (primary N) is 4. The number of aromatic nitrogens is 12. The quantitative estimate of drug-likeness (QED) is 0.0362. The fourth-order valence-electron chi connectivity index (χ4n) is 17.1. The van der Waals surface area contributed by atoms with Gasteiger partial charge in [-0.25, -0.2) is 75.8 Å². The first kappa shape index (κ1) is 100. The summed E-state index contributed by atoms with van der Waals surface area (Å²) in [7, 11) is 3.12. The third-order valence-corrected chi connectivity index (χ3v) is 24.1. The van der Waals surface area contributed by atoms with Crippen LogP contribution in [0.15, 0.2) is 224 Å². The van der Waals surface area contributed by atoms with Gasteiger partial charge in [-0.15, -0.1) is 20.4 Å². The first-order valence-electron chi connectivity index (χ1n) is 44.1. The Morgan fingerprint density at radius 3 is 0.929 bits per heavy atom. The summed E-state index contributed by atoms with van der Waals surface area (Å²) in [6.45, 7) is 2.32. The van der Waals surface area contributed by atoms with E-state index in [9.17, 15) is 76.3 Å². The molecule has 0 radical (unpaired) electrons. The Labute approximate surface area is 799 Å². The van der Waals surface area contributed by atoms with Crippen molar-refractivity contribution < 1.29 is 85.7 Å². The zero-order valence-electron chi connectivity index (χ0n) is 75.0. The van der Waals surface area contributed by atoms with Gasteiger partial charge >= 0.3 is 0 Å². The maximum Gasteiger partial charge on any atom is 0.224 e. The van der Waals surface area contributed by atoms with Gasteiger partial charge in [0.2, 0.25) is 23.6 Å². The molecular weight excluding hydrogens is 1850 g/mol. The number of para-hydroxylation sites is 5. The second kappa shape index (κ2) is 44.1. The van der Waals surface area contributed by atoms with Gasteiger partial charge < -0.3 is 52.0 Å². The fraction of sp³-hybridized carbons (Fsp3) is 0.235. The van der Waals surface area contributed by atoms with E-state index in [0.717, 1.165) is 91.8 Å². The number of benzene rings is 11. The Balaban J connectivity index is 0.000000142. The van der Waals surface area contributed by atoms with E-state index >= 15 is 0 Å². The predicted molar refractivity (Wildman–Crippen MR) is 493 cm³/mol. The molecule has 8 heterocycles. The Bertz CT molecular complexity index is 7110. The zero-order valence-corrected chi connectivity index (χ0v) is 75.0. The lowest BCUT2D eigenvalue weighted by Crippen LogP contribution is -2.36. The number of carbonyl (C=O) groups is 4. The first-order chi connectivity index (χ1) is 67.4. The molecule has 141 heavy (non-hydrogen) atoms. The first-order valence-corrected chi connectivity index (χ1v) is 44.1. The van der Waals surface area contributed by atoms with Crippen molar-refractivity contribution >= 4 is 23.6 Å². The van der Waals surface area contributed by atoms with Gasteiger partial charge in [0.15, 0.2) is 46.5 Å². The molecular formula is C102H93F13N20O6. The minimum atomic E-state index is -1.29. The lowest BCUT2D eigenvalue weighted by Gasteiger charge is -2.23. The molecule has 26 nitrogen and oxygen atoms in total. The molecule has 0 saturated carbocycles. The Hall–Kier alpha value is -15.5. The van der Waals surface area contributed by atoms with Crippen LogP contribution in [0.1, 0.15) is 106 Å². The van der Waals surface area contributed by atoms with Crippen molar-refractivity contribution in [2.45, 2.75) is 142 Å². The molecule has 0 aliphatic carbocycles. The molecule has 0 saturated heterocycles. The second-order valence-electron chi connectivity index (χ2n) is 33.9. The molecule has 4 aromatic heterocycles. The van der Waals surface area contributed by atoms with Crippen molar-refractivity contribution in [2.24, 2.45) is 22.9 Å². The van der Waals surface area contributed by atoms with Crippen molar-refractivity contribution in [3.8, 4) is 62.3 Å². The molecule has 4 atom stereocenters. The molecule has 8 N–H and O–H groups in total. The number of methoxy groups -OCH3 is 2. The molecule has 39 heteroatoms. The topological polar surface area (TPSA) is 327 Å². The maximum absolute atomic E-state index is 14.1. The summed E-state index contributed by atoms with van der Waals surface area (Å²) in [6.07, 6.45) is -0.920. The summed E-state index contributed by atoms with van der Waals surface area (Å²) in [6, 6.07) is 54.9. The lowest BCUT2D eigenvalue weighted by molar-refractivity contribution is -0.133. The number of rotatable bonds is 22. The van der Waals surface area contributed by atoms with Crippen LogP contribution in [0.25, 0.3) is 56.5 Å². The highest BCUT2D eigenvalue weighted by Crippen LogP contribution is 2.38. The molecule has 15 aromatic rings. The molecule has 4 amide bonds. The zero-order chi connectivity index (χ0) is 98.9. The molecule has 728 valence electrons. The Kier molecular flexibility index (Phi) is 31.3. The summed E-state index contributed by atoms with van der Waals surface area (Å²) in [4.78, 5) is 59.7. The van der Waals surface area contributed by atoms with Crippen LogP contribution in [0, 0.1) is 75.6 Å². The van der Waals surface area contributed by atoms with Crippen LogP contribution in [0.4, 0.5) is 57.1 Å². The minimum absolute atomic E-state index is 0. The van der Waals surface area contributed by atoms with Crippen molar-refractivity contribution in [3.63, 3.8) is 0 Å².